The maximum Gasteiger partial charge on any atom is 0.104 e. The van der Waals surface area contributed by atoms with Gasteiger partial charge in [0.15, 0.2) is 0 Å². The first-order valence-electron chi connectivity index (χ1n) is 4.51. The highest BCUT2D eigenvalue weighted by Gasteiger charge is 2.10. The lowest BCUT2D eigenvalue weighted by Crippen LogP contribution is -2.17. The van der Waals surface area contributed by atoms with Gasteiger partial charge in [0.05, 0.1) is 0 Å². The van der Waals surface area contributed by atoms with Crippen LogP contribution < -0.4 is 5.32 Å². The quantitative estimate of drug-likeness (QED) is 0.785. The zero-order chi connectivity index (χ0) is 9.97. The van der Waals surface area contributed by atoms with Crippen LogP contribution in [0.15, 0.2) is 17.5 Å². The van der Waals surface area contributed by atoms with Crippen LogP contribution in [0.4, 0.5) is 0 Å². The van der Waals surface area contributed by atoms with Gasteiger partial charge in [-0.15, -0.1) is 29.1 Å². The third-order valence-electron chi connectivity index (χ3n) is 2.02. The van der Waals surface area contributed by atoms with Gasteiger partial charge >= 0.3 is 0 Å². The molecule has 3 heteroatoms. The van der Waals surface area contributed by atoms with E-state index in [0.717, 1.165) is 6.54 Å². The predicted molar refractivity (Wildman–Crippen MR) is 65.0 cm³/mol. The van der Waals surface area contributed by atoms with Crippen molar-refractivity contribution in [2.75, 3.05) is 6.54 Å². The molecule has 0 saturated heterocycles. The van der Waals surface area contributed by atoms with Crippen molar-refractivity contribution < 1.29 is 0 Å². The molecule has 0 aliphatic rings. The van der Waals surface area contributed by atoms with E-state index in [2.05, 4.69) is 35.7 Å². The molecule has 14 heavy (non-hydrogen) atoms. The fourth-order valence-corrected chi connectivity index (χ4v) is 3.53. The first-order valence-corrected chi connectivity index (χ1v) is 6.21. The van der Waals surface area contributed by atoms with Gasteiger partial charge in [-0.25, -0.2) is 0 Å². The van der Waals surface area contributed by atoms with Crippen molar-refractivity contribution in [3.05, 3.63) is 22.4 Å². The molecule has 72 valence electrons. The molecule has 0 aliphatic heterocycles. The molecule has 0 fully saturated rings. The Kier molecular flexibility index (Phi) is 2.87. The third-order valence-corrected chi connectivity index (χ3v) is 4.18. The van der Waals surface area contributed by atoms with E-state index in [1.54, 1.807) is 22.7 Å². The molecule has 2 aromatic rings. The summed E-state index contributed by atoms with van der Waals surface area (Å²) < 4.78 is 2.67. The fraction of sp³-hybridized carbons (Fsp3) is 0.273. The van der Waals surface area contributed by atoms with Crippen molar-refractivity contribution in [3.63, 3.8) is 0 Å². The van der Waals surface area contributed by atoms with Crippen molar-refractivity contribution in [3.8, 4) is 12.3 Å². The number of nitrogens with one attached hydrogen (secondary N) is 1. The molecule has 1 nitrogen and oxygen atoms in total. The highest BCUT2D eigenvalue weighted by Crippen LogP contribution is 2.33. The van der Waals surface area contributed by atoms with Gasteiger partial charge in [0.2, 0.25) is 0 Å². The van der Waals surface area contributed by atoms with E-state index >= 15 is 0 Å². The molecule has 1 unspecified atom stereocenters. The minimum Gasteiger partial charge on any atom is -0.300 e. The molecule has 0 bridgehead atoms. The summed E-state index contributed by atoms with van der Waals surface area (Å²) in [7, 11) is 0. The van der Waals surface area contributed by atoms with Crippen LogP contribution in [-0.2, 0) is 0 Å². The molecule has 2 rings (SSSR count). The summed E-state index contributed by atoms with van der Waals surface area (Å²) in [6, 6.07) is 4.41. The van der Waals surface area contributed by atoms with Crippen LogP contribution in [0.3, 0.4) is 0 Å². The Labute approximate surface area is 91.8 Å². The Morgan fingerprint density at radius 1 is 1.57 bits per heavy atom. The lowest BCUT2D eigenvalue weighted by atomic mass is 10.2. The number of rotatable bonds is 3. The second-order valence-electron chi connectivity index (χ2n) is 2.96. The first-order chi connectivity index (χ1) is 6.85. The van der Waals surface area contributed by atoms with Gasteiger partial charge in [0.25, 0.3) is 0 Å². The van der Waals surface area contributed by atoms with E-state index in [9.17, 15) is 0 Å². The highest BCUT2D eigenvalue weighted by molar-refractivity contribution is 7.27. The van der Waals surface area contributed by atoms with Crippen LogP contribution in [0.25, 0.3) is 9.40 Å². The van der Waals surface area contributed by atoms with E-state index < -0.39 is 0 Å². The van der Waals surface area contributed by atoms with Crippen molar-refractivity contribution >= 4 is 32.1 Å². The Bertz CT molecular complexity index is 432. The van der Waals surface area contributed by atoms with Gasteiger partial charge in [-0.1, -0.05) is 12.8 Å². The van der Waals surface area contributed by atoms with Crippen LogP contribution in [0.1, 0.15) is 17.8 Å². The number of thiophene rings is 2. The van der Waals surface area contributed by atoms with Crippen molar-refractivity contribution in [1.82, 2.24) is 5.32 Å². The molecule has 0 radical (unpaired) electrons. The Morgan fingerprint density at radius 2 is 2.43 bits per heavy atom. The molecule has 0 aliphatic carbocycles. The Hall–Kier alpha value is -0.820. The van der Waals surface area contributed by atoms with Crippen molar-refractivity contribution in [2.24, 2.45) is 0 Å². The molecule has 2 heterocycles. The number of hydrogen-bond acceptors (Lipinski definition) is 3. The molecule has 0 saturated carbocycles. The normalized spacial score (nSPS) is 12.9. The second-order valence-corrected chi connectivity index (χ2v) is 5.02. The Balaban J connectivity index is 2.33. The molecule has 2 aromatic heterocycles. The fourth-order valence-electron chi connectivity index (χ4n) is 1.37. The smallest absolute Gasteiger partial charge is 0.104 e. The lowest BCUT2D eigenvalue weighted by molar-refractivity contribution is 0.674. The van der Waals surface area contributed by atoms with E-state index in [1.807, 2.05) is 0 Å². The zero-order valence-corrected chi connectivity index (χ0v) is 9.54. The van der Waals surface area contributed by atoms with Gasteiger partial charge in [-0.2, -0.15) is 0 Å². The predicted octanol–water partition coefficient (Wildman–Crippen LogP) is 3.25. The maximum absolute atomic E-state index is 5.48. The monoisotopic (exact) mass is 221 g/mol. The number of fused-ring (bicyclic) bond motifs is 1. The Morgan fingerprint density at radius 3 is 3.07 bits per heavy atom. The number of terminal acetylenes is 1. The topological polar surface area (TPSA) is 12.0 Å². The molecule has 0 amide bonds. The zero-order valence-electron chi connectivity index (χ0n) is 7.91. The average Bonchev–Trinajstić information content (AvgIpc) is 2.73. The summed E-state index contributed by atoms with van der Waals surface area (Å²) in [4.78, 5) is 1.25. The van der Waals surface area contributed by atoms with Crippen LogP contribution >= 0.6 is 22.7 Å². The molecule has 0 aromatic carbocycles. The van der Waals surface area contributed by atoms with Gasteiger partial charge in [0.1, 0.15) is 6.04 Å². The van der Waals surface area contributed by atoms with Crippen molar-refractivity contribution in [1.29, 1.82) is 0 Å². The summed E-state index contributed by atoms with van der Waals surface area (Å²) in [6.45, 7) is 2.97. The van der Waals surface area contributed by atoms with Crippen LogP contribution in [-0.4, -0.2) is 6.54 Å². The summed E-state index contributed by atoms with van der Waals surface area (Å²) >= 11 is 3.55. The minimum absolute atomic E-state index is 0.0737. The number of hydrogen-bond donors (Lipinski definition) is 1. The first kappa shape index (κ1) is 9.72. The van der Waals surface area contributed by atoms with Crippen molar-refractivity contribution in [2.45, 2.75) is 13.0 Å². The summed E-state index contributed by atoms with van der Waals surface area (Å²) in [6.07, 6.45) is 5.48. The summed E-state index contributed by atoms with van der Waals surface area (Å²) in [5, 5.41) is 5.39. The maximum atomic E-state index is 5.48. The standard InChI is InChI=1S/C11H11NS2/c1-3-8(12-4-2)10-7-11-9(14-10)5-6-13-11/h1,5-8,12H,4H2,2H3. The molecule has 1 atom stereocenters. The summed E-state index contributed by atoms with van der Waals surface area (Å²) in [5.41, 5.74) is 0. The SMILES string of the molecule is C#CC(NCC)c1cc2sccc2s1. The van der Waals surface area contributed by atoms with Gasteiger partial charge in [-0.05, 0) is 24.1 Å². The van der Waals surface area contributed by atoms with Gasteiger partial charge < -0.3 is 0 Å². The van der Waals surface area contributed by atoms with Crippen LogP contribution in [0.5, 0.6) is 0 Å². The molecule has 1 N–H and O–H groups in total. The van der Waals surface area contributed by atoms with E-state index in [-0.39, 0.29) is 6.04 Å². The molecular formula is C11H11NS2. The largest absolute Gasteiger partial charge is 0.300 e. The molecule has 0 spiro atoms. The lowest BCUT2D eigenvalue weighted by Gasteiger charge is -2.07. The van der Waals surface area contributed by atoms with Crippen LogP contribution in [0.2, 0.25) is 0 Å². The van der Waals surface area contributed by atoms with Gasteiger partial charge in [0, 0.05) is 14.3 Å². The van der Waals surface area contributed by atoms with E-state index in [4.69, 9.17) is 6.42 Å². The molecular weight excluding hydrogens is 210 g/mol. The highest BCUT2D eigenvalue weighted by atomic mass is 32.1. The minimum atomic E-state index is 0.0737. The second kappa shape index (κ2) is 4.14. The van der Waals surface area contributed by atoms with Crippen LogP contribution in [0, 0.1) is 12.3 Å². The van der Waals surface area contributed by atoms with Gasteiger partial charge in [-0.3, -0.25) is 5.32 Å². The van der Waals surface area contributed by atoms with E-state index in [1.165, 1.54) is 14.3 Å². The summed E-state index contributed by atoms with van der Waals surface area (Å²) in [5.74, 6) is 2.77. The average molecular weight is 221 g/mol. The van der Waals surface area contributed by atoms with E-state index in [0.29, 0.717) is 0 Å². The third kappa shape index (κ3) is 1.69.